The first kappa shape index (κ1) is 9.54. The van der Waals surface area contributed by atoms with Crippen LogP contribution >= 0.6 is 0 Å². The van der Waals surface area contributed by atoms with Crippen LogP contribution in [0.4, 0.5) is 0 Å². The van der Waals surface area contributed by atoms with Crippen LogP contribution in [0, 0.1) is 0 Å². The van der Waals surface area contributed by atoms with Crippen molar-refractivity contribution in [3.63, 3.8) is 0 Å². The molecule has 11 heavy (non-hydrogen) atoms. The summed E-state index contributed by atoms with van der Waals surface area (Å²) in [6, 6.07) is 0. The molecule has 2 nitrogen and oxygen atoms in total. The zero-order chi connectivity index (χ0) is 8.10. The molecule has 64 valence electrons. The monoisotopic (exact) mass is 172 g/mol. The highest BCUT2D eigenvalue weighted by molar-refractivity contribution is 6.48. The SMILES string of the molecule is [CH3][Al]([CH3])[O]CC1CCCCO1. The minimum Gasteiger partial charge on any atom is -0.499 e. The smallest absolute Gasteiger partial charge is 0.454 e. The number of rotatable bonds is 3. The Morgan fingerprint density at radius 3 is 2.82 bits per heavy atom. The second-order valence-corrected chi connectivity index (χ2v) is 5.80. The van der Waals surface area contributed by atoms with Gasteiger partial charge in [-0.3, -0.25) is 0 Å². The minimum absolute atomic E-state index is 0.402. The lowest BCUT2D eigenvalue weighted by Crippen LogP contribution is -2.26. The maximum atomic E-state index is 5.60. The van der Waals surface area contributed by atoms with Crippen molar-refractivity contribution in [2.45, 2.75) is 36.9 Å². The molecule has 0 spiro atoms. The Hall–Kier alpha value is 0.452. The quantitative estimate of drug-likeness (QED) is 0.604. The predicted molar refractivity (Wildman–Crippen MR) is 47.0 cm³/mol. The lowest BCUT2D eigenvalue weighted by molar-refractivity contribution is -0.0115. The molecule has 1 unspecified atom stereocenters. The lowest BCUT2D eigenvalue weighted by atomic mass is 10.1. The van der Waals surface area contributed by atoms with Gasteiger partial charge in [-0.05, 0) is 19.3 Å². The van der Waals surface area contributed by atoms with Crippen LogP contribution in [0.5, 0.6) is 0 Å². The van der Waals surface area contributed by atoms with Gasteiger partial charge in [0.05, 0.1) is 6.10 Å². The summed E-state index contributed by atoms with van der Waals surface area (Å²) in [7, 11) is 0. The average molecular weight is 172 g/mol. The molecule has 1 saturated heterocycles. The Morgan fingerprint density at radius 2 is 2.27 bits per heavy atom. The molecule has 1 rings (SSSR count). The van der Waals surface area contributed by atoms with Crippen LogP contribution in [0.1, 0.15) is 19.3 Å². The third kappa shape index (κ3) is 4.13. The zero-order valence-corrected chi connectivity index (χ0v) is 8.66. The number of hydrogen-bond donors (Lipinski definition) is 0. The highest BCUT2D eigenvalue weighted by Crippen LogP contribution is 2.12. The fourth-order valence-electron chi connectivity index (χ4n) is 1.24. The Labute approximate surface area is 73.6 Å². The molecular formula is C8H17AlO2. The largest absolute Gasteiger partial charge is 0.499 e. The fourth-order valence-corrected chi connectivity index (χ4v) is 1.84. The summed E-state index contributed by atoms with van der Waals surface area (Å²) < 4.78 is 11.1. The van der Waals surface area contributed by atoms with Gasteiger partial charge in [-0.25, -0.2) is 0 Å². The molecule has 0 aromatic rings. The van der Waals surface area contributed by atoms with Crippen molar-refractivity contribution in [3.8, 4) is 0 Å². The van der Waals surface area contributed by atoms with Crippen molar-refractivity contribution in [2.75, 3.05) is 13.2 Å². The molecule has 1 fully saturated rings. The zero-order valence-electron chi connectivity index (χ0n) is 7.51. The lowest BCUT2D eigenvalue weighted by Gasteiger charge is -2.23. The van der Waals surface area contributed by atoms with Gasteiger partial charge in [0.1, 0.15) is 0 Å². The second kappa shape index (κ2) is 5.16. The van der Waals surface area contributed by atoms with Gasteiger partial charge in [0, 0.05) is 13.2 Å². The van der Waals surface area contributed by atoms with Crippen molar-refractivity contribution in [1.29, 1.82) is 0 Å². The van der Waals surface area contributed by atoms with Crippen molar-refractivity contribution < 1.29 is 8.53 Å². The van der Waals surface area contributed by atoms with E-state index in [4.69, 9.17) is 8.53 Å². The molecule has 1 aliphatic heterocycles. The molecule has 0 aromatic carbocycles. The van der Waals surface area contributed by atoms with Gasteiger partial charge in [0.25, 0.3) is 0 Å². The van der Waals surface area contributed by atoms with Crippen molar-refractivity contribution in [3.05, 3.63) is 0 Å². The van der Waals surface area contributed by atoms with Gasteiger partial charge in [-0.1, -0.05) is 11.6 Å². The maximum absolute atomic E-state index is 5.60. The Balaban J connectivity index is 2.05. The van der Waals surface area contributed by atoms with Gasteiger partial charge in [0.2, 0.25) is 0 Å². The first-order chi connectivity index (χ1) is 5.29. The highest BCUT2D eigenvalue weighted by Gasteiger charge is 2.15. The van der Waals surface area contributed by atoms with Gasteiger partial charge in [0.15, 0.2) is 0 Å². The summed E-state index contributed by atoms with van der Waals surface area (Å²) >= 11 is -0.821. The van der Waals surface area contributed by atoms with Crippen molar-refractivity contribution in [2.24, 2.45) is 0 Å². The van der Waals surface area contributed by atoms with Crippen molar-refractivity contribution >= 4 is 14.5 Å². The van der Waals surface area contributed by atoms with E-state index in [-0.39, 0.29) is 0 Å². The van der Waals surface area contributed by atoms with E-state index in [1.54, 1.807) is 0 Å². The van der Waals surface area contributed by atoms with Crippen LogP contribution in [0.3, 0.4) is 0 Å². The molecule has 0 saturated carbocycles. The van der Waals surface area contributed by atoms with E-state index in [0.29, 0.717) is 6.10 Å². The van der Waals surface area contributed by atoms with Crippen LogP contribution in [-0.2, 0) is 8.53 Å². The van der Waals surface area contributed by atoms with Crippen LogP contribution in [0.25, 0.3) is 0 Å². The number of ether oxygens (including phenoxy) is 1. The molecule has 0 aliphatic carbocycles. The topological polar surface area (TPSA) is 18.5 Å². The van der Waals surface area contributed by atoms with Gasteiger partial charge in [-0.2, -0.15) is 0 Å². The van der Waals surface area contributed by atoms with E-state index in [0.717, 1.165) is 13.2 Å². The fraction of sp³-hybridized carbons (Fsp3) is 1.00. The summed E-state index contributed by atoms with van der Waals surface area (Å²) in [5.41, 5.74) is 0. The van der Waals surface area contributed by atoms with Crippen molar-refractivity contribution in [1.82, 2.24) is 0 Å². The maximum Gasteiger partial charge on any atom is 0.454 e. The first-order valence-corrected chi connectivity index (χ1v) is 7.30. The minimum atomic E-state index is -0.821. The molecule has 0 radical (unpaired) electrons. The van der Waals surface area contributed by atoms with Gasteiger partial charge < -0.3 is 8.53 Å². The molecule has 1 aliphatic rings. The average Bonchev–Trinajstić information content (AvgIpc) is 2.03. The highest BCUT2D eigenvalue weighted by atomic mass is 27.2. The van der Waals surface area contributed by atoms with Crippen LogP contribution in [0.15, 0.2) is 0 Å². The molecule has 0 aromatic heterocycles. The van der Waals surface area contributed by atoms with E-state index in [1.165, 1.54) is 19.3 Å². The van der Waals surface area contributed by atoms with Crippen LogP contribution in [0.2, 0.25) is 11.6 Å². The standard InChI is InChI=1S/C6H11O2.2CH3.Al/c7-5-6-3-1-2-4-8-6;;;/h6H,1-5H2;2*1H3;/q-1;;;+1. The third-order valence-electron chi connectivity index (χ3n) is 1.89. The molecule has 1 atom stereocenters. The molecule has 0 amide bonds. The summed E-state index contributed by atoms with van der Waals surface area (Å²) in [4.78, 5) is 0. The Bertz CT molecular complexity index is 100. The molecule has 0 N–H and O–H groups in total. The Kier molecular flexibility index (Phi) is 4.48. The van der Waals surface area contributed by atoms with E-state index in [9.17, 15) is 0 Å². The molecule has 3 heteroatoms. The number of hydrogen-bond acceptors (Lipinski definition) is 2. The summed E-state index contributed by atoms with van der Waals surface area (Å²) in [5, 5.41) is 0. The third-order valence-corrected chi connectivity index (χ3v) is 2.75. The van der Waals surface area contributed by atoms with E-state index in [2.05, 4.69) is 11.6 Å². The van der Waals surface area contributed by atoms with E-state index < -0.39 is 14.5 Å². The van der Waals surface area contributed by atoms with Crippen LogP contribution in [-0.4, -0.2) is 33.8 Å². The van der Waals surface area contributed by atoms with Gasteiger partial charge >= 0.3 is 14.5 Å². The summed E-state index contributed by atoms with van der Waals surface area (Å²) in [6.07, 6.45) is 4.14. The van der Waals surface area contributed by atoms with E-state index in [1.807, 2.05) is 0 Å². The second-order valence-electron chi connectivity index (χ2n) is 3.37. The Morgan fingerprint density at radius 1 is 1.45 bits per heavy atom. The van der Waals surface area contributed by atoms with Crippen LogP contribution < -0.4 is 0 Å². The summed E-state index contributed by atoms with van der Waals surface area (Å²) in [5.74, 6) is 4.39. The van der Waals surface area contributed by atoms with Gasteiger partial charge in [-0.15, -0.1) is 0 Å². The van der Waals surface area contributed by atoms with E-state index >= 15 is 0 Å². The molecular weight excluding hydrogens is 155 g/mol. The first-order valence-electron chi connectivity index (χ1n) is 4.52. The molecule has 0 bridgehead atoms. The normalized spacial score (nSPS) is 25.1. The molecule has 1 heterocycles. The predicted octanol–water partition coefficient (Wildman–Crippen LogP) is 1.82. The summed E-state index contributed by atoms with van der Waals surface area (Å²) in [6.45, 7) is 1.78.